The highest BCUT2D eigenvalue weighted by Gasteiger charge is 2.15. The second kappa shape index (κ2) is 6.66. The summed E-state index contributed by atoms with van der Waals surface area (Å²) < 4.78 is 7.44. The van der Waals surface area contributed by atoms with Gasteiger partial charge in [0.05, 0.1) is 33.8 Å². The van der Waals surface area contributed by atoms with Crippen LogP contribution in [-0.2, 0) is 4.79 Å². The summed E-state index contributed by atoms with van der Waals surface area (Å²) in [6.45, 7) is 3.83. The fourth-order valence-electron chi connectivity index (χ4n) is 2.79. The molecule has 0 fully saturated rings. The fourth-order valence-corrected chi connectivity index (χ4v) is 3.81. The van der Waals surface area contributed by atoms with Gasteiger partial charge in [-0.3, -0.25) is 9.20 Å². The first-order chi connectivity index (χ1) is 12.5. The zero-order chi connectivity index (χ0) is 18.3. The zero-order valence-electron chi connectivity index (χ0n) is 14.1. The Morgan fingerprint density at radius 1 is 1.23 bits per heavy atom. The first-order valence-corrected chi connectivity index (χ1v) is 9.30. The van der Waals surface area contributed by atoms with E-state index in [-0.39, 0.29) is 11.7 Å². The Labute approximate surface area is 158 Å². The van der Waals surface area contributed by atoms with Crippen LogP contribution in [0.2, 0.25) is 5.02 Å². The lowest BCUT2D eigenvalue weighted by atomic mass is 10.2. The van der Waals surface area contributed by atoms with Crippen molar-refractivity contribution in [3.63, 3.8) is 0 Å². The van der Waals surface area contributed by atoms with E-state index < -0.39 is 0 Å². The lowest BCUT2D eigenvalue weighted by molar-refractivity contribution is -0.113. The third kappa shape index (κ3) is 3.04. The fraction of sp³-hybridized carbons (Fsp3) is 0.167. The first kappa shape index (κ1) is 16.9. The van der Waals surface area contributed by atoms with Gasteiger partial charge in [-0.05, 0) is 31.5 Å². The molecule has 6 nitrogen and oxygen atoms in total. The number of anilines is 1. The lowest BCUT2D eigenvalue weighted by Crippen LogP contribution is -2.14. The Hall–Kier alpha value is -2.51. The van der Waals surface area contributed by atoms with Crippen molar-refractivity contribution in [1.82, 2.24) is 14.6 Å². The molecule has 0 saturated heterocycles. The molecule has 0 bridgehead atoms. The van der Waals surface area contributed by atoms with Crippen molar-refractivity contribution in [2.45, 2.75) is 18.9 Å². The molecule has 0 radical (unpaired) electrons. The summed E-state index contributed by atoms with van der Waals surface area (Å²) in [6.07, 6.45) is 1.64. The number of nitrogens with one attached hydrogen (secondary N) is 1. The van der Waals surface area contributed by atoms with E-state index in [9.17, 15) is 4.79 Å². The summed E-state index contributed by atoms with van der Waals surface area (Å²) in [5, 5.41) is 12.4. The zero-order valence-corrected chi connectivity index (χ0v) is 15.7. The van der Waals surface area contributed by atoms with Gasteiger partial charge in [-0.25, -0.2) is 0 Å². The molecule has 0 saturated carbocycles. The summed E-state index contributed by atoms with van der Waals surface area (Å²) in [5.74, 6) is 0.803. The van der Waals surface area contributed by atoms with E-state index in [1.807, 2.05) is 42.5 Å². The number of amides is 1. The molecule has 0 aliphatic carbocycles. The minimum Gasteiger partial charge on any atom is -0.463 e. The third-order valence-corrected chi connectivity index (χ3v) is 5.27. The molecule has 1 N–H and O–H groups in total. The second-order valence-corrected chi connectivity index (χ2v) is 7.28. The number of benzene rings is 1. The summed E-state index contributed by atoms with van der Waals surface area (Å²) in [6, 6.07) is 9.31. The largest absolute Gasteiger partial charge is 0.463 e. The van der Waals surface area contributed by atoms with Gasteiger partial charge in [-0.1, -0.05) is 29.4 Å². The molecule has 0 atom stereocenters. The minimum atomic E-state index is -0.156. The molecule has 0 aliphatic heterocycles. The quantitative estimate of drug-likeness (QED) is 0.523. The lowest BCUT2D eigenvalue weighted by Gasteiger charge is -2.08. The van der Waals surface area contributed by atoms with Crippen LogP contribution in [0, 0.1) is 13.8 Å². The predicted molar refractivity (Wildman–Crippen MR) is 103 cm³/mol. The highest BCUT2D eigenvalue weighted by Crippen LogP contribution is 2.29. The van der Waals surface area contributed by atoms with Crippen molar-refractivity contribution in [1.29, 1.82) is 0 Å². The Morgan fingerprint density at radius 3 is 2.88 bits per heavy atom. The van der Waals surface area contributed by atoms with Crippen molar-refractivity contribution >= 4 is 51.6 Å². The minimum absolute atomic E-state index is 0.156. The van der Waals surface area contributed by atoms with Crippen LogP contribution in [0.25, 0.3) is 16.6 Å². The van der Waals surface area contributed by atoms with E-state index >= 15 is 0 Å². The molecule has 0 aliphatic rings. The summed E-state index contributed by atoms with van der Waals surface area (Å²) in [7, 11) is 0. The normalized spacial score (nSPS) is 11.3. The number of hydrogen-bond donors (Lipinski definition) is 1. The summed E-state index contributed by atoms with van der Waals surface area (Å²) in [5.41, 5.74) is 4.21. The third-order valence-electron chi connectivity index (χ3n) is 3.99. The van der Waals surface area contributed by atoms with Gasteiger partial charge < -0.3 is 9.73 Å². The van der Waals surface area contributed by atoms with Crippen molar-refractivity contribution in [2.75, 3.05) is 11.1 Å². The molecular weight excluding hydrogens is 372 g/mol. The van der Waals surface area contributed by atoms with Crippen molar-refractivity contribution < 1.29 is 9.21 Å². The van der Waals surface area contributed by atoms with E-state index in [1.165, 1.54) is 11.8 Å². The van der Waals surface area contributed by atoms with Gasteiger partial charge in [-0.15, -0.1) is 10.2 Å². The van der Waals surface area contributed by atoms with E-state index in [0.29, 0.717) is 15.7 Å². The monoisotopic (exact) mass is 386 g/mol. The van der Waals surface area contributed by atoms with E-state index in [0.717, 1.165) is 28.0 Å². The highest BCUT2D eigenvalue weighted by atomic mass is 35.5. The maximum atomic E-state index is 12.3. The standard InChI is InChI=1S/C18H15ClN4O2S/c1-10-3-4-13(12(19)7-10)20-17(24)9-26-18-15-8-16-14(5-6-25-16)23(15)11(2)21-22-18/h3-8H,9H2,1-2H3,(H,20,24). The van der Waals surface area contributed by atoms with Gasteiger partial charge in [0.15, 0.2) is 5.58 Å². The molecule has 1 amide bonds. The Balaban J connectivity index is 1.54. The van der Waals surface area contributed by atoms with Gasteiger partial charge >= 0.3 is 0 Å². The number of aryl methyl sites for hydroxylation is 2. The number of carbonyl (C=O) groups is 1. The van der Waals surface area contributed by atoms with Crippen LogP contribution < -0.4 is 5.32 Å². The van der Waals surface area contributed by atoms with Crippen LogP contribution in [0.15, 0.2) is 46.0 Å². The number of fused-ring (bicyclic) bond motifs is 3. The number of thioether (sulfide) groups is 1. The Morgan fingerprint density at radius 2 is 2.08 bits per heavy atom. The Kier molecular flexibility index (Phi) is 4.34. The molecule has 8 heteroatoms. The predicted octanol–water partition coefficient (Wildman–Crippen LogP) is 4.48. The van der Waals surface area contributed by atoms with Crippen LogP contribution >= 0.6 is 23.4 Å². The average Bonchev–Trinajstić information content (AvgIpc) is 3.18. The van der Waals surface area contributed by atoms with Gasteiger partial charge in [0, 0.05) is 12.1 Å². The van der Waals surface area contributed by atoms with Crippen molar-refractivity contribution in [3.8, 4) is 0 Å². The number of halogens is 1. The second-order valence-electron chi connectivity index (χ2n) is 5.91. The number of rotatable bonds is 4. The molecule has 0 spiro atoms. The van der Waals surface area contributed by atoms with Crippen molar-refractivity contribution in [2.24, 2.45) is 0 Å². The SMILES string of the molecule is Cc1ccc(NC(=O)CSc2nnc(C)n3c2cc2occc23)c(Cl)c1. The molecule has 26 heavy (non-hydrogen) atoms. The maximum Gasteiger partial charge on any atom is 0.234 e. The number of furan rings is 1. The van der Waals surface area contributed by atoms with Crippen LogP contribution in [-0.4, -0.2) is 26.3 Å². The summed E-state index contributed by atoms with van der Waals surface area (Å²) in [4.78, 5) is 12.3. The summed E-state index contributed by atoms with van der Waals surface area (Å²) >= 11 is 7.48. The molecule has 4 rings (SSSR count). The maximum absolute atomic E-state index is 12.3. The van der Waals surface area contributed by atoms with E-state index in [2.05, 4.69) is 15.5 Å². The molecule has 1 aromatic carbocycles. The van der Waals surface area contributed by atoms with Crippen LogP contribution in [0.1, 0.15) is 11.4 Å². The highest BCUT2D eigenvalue weighted by molar-refractivity contribution is 8.00. The van der Waals surface area contributed by atoms with Crippen LogP contribution in [0.4, 0.5) is 5.69 Å². The Bertz CT molecular complexity index is 1140. The van der Waals surface area contributed by atoms with Gasteiger partial charge in [0.2, 0.25) is 5.91 Å². The van der Waals surface area contributed by atoms with Crippen LogP contribution in [0.5, 0.6) is 0 Å². The van der Waals surface area contributed by atoms with E-state index in [1.54, 1.807) is 12.3 Å². The molecular formula is C18H15ClN4O2S. The molecule has 3 aromatic heterocycles. The molecule has 132 valence electrons. The van der Waals surface area contributed by atoms with Gasteiger partial charge in [-0.2, -0.15) is 0 Å². The van der Waals surface area contributed by atoms with Crippen LogP contribution in [0.3, 0.4) is 0 Å². The van der Waals surface area contributed by atoms with Crippen molar-refractivity contribution in [3.05, 3.63) is 53.0 Å². The number of carbonyl (C=O) groups excluding carboxylic acids is 1. The number of nitrogens with zero attached hydrogens (tertiary/aromatic N) is 3. The number of hydrogen-bond acceptors (Lipinski definition) is 5. The topological polar surface area (TPSA) is 72.4 Å². The van der Waals surface area contributed by atoms with E-state index in [4.69, 9.17) is 16.0 Å². The molecule has 4 aromatic rings. The smallest absolute Gasteiger partial charge is 0.234 e. The average molecular weight is 387 g/mol. The van der Waals surface area contributed by atoms with Gasteiger partial charge in [0.25, 0.3) is 0 Å². The number of aromatic nitrogens is 3. The molecule has 0 unspecified atom stereocenters. The molecule has 3 heterocycles. The van der Waals surface area contributed by atoms with Gasteiger partial charge in [0.1, 0.15) is 10.9 Å². The first-order valence-electron chi connectivity index (χ1n) is 7.93.